The second-order valence-corrected chi connectivity index (χ2v) is 9.73. The highest BCUT2D eigenvalue weighted by Gasteiger charge is 2.34. The van der Waals surface area contributed by atoms with E-state index in [1.807, 2.05) is 6.92 Å². The minimum atomic E-state index is -0.484. The zero-order chi connectivity index (χ0) is 28.6. The van der Waals surface area contributed by atoms with Gasteiger partial charge in [0.15, 0.2) is 0 Å². The number of aliphatic hydroxyl groups is 1. The lowest BCUT2D eigenvalue weighted by Crippen LogP contribution is -2.50. The third-order valence-electron chi connectivity index (χ3n) is 6.67. The lowest BCUT2D eigenvalue weighted by molar-refractivity contribution is 0.0356. The topological polar surface area (TPSA) is 117 Å². The van der Waals surface area contributed by atoms with E-state index in [9.17, 15) is 14.7 Å². The summed E-state index contributed by atoms with van der Waals surface area (Å²) < 4.78 is 11.5. The maximum absolute atomic E-state index is 13.6. The number of rotatable bonds is 6. The highest BCUT2D eigenvalue weighted by Crippen LogP contribution is 2.27. The van der Waals surface area contributed by atoms with E-state index in [0.717, 1.165) is 5.56 Å². The van der Waals surface area contributed by atoms with Crippen LogP contribution in [0, 0.1) is 17.8 Å². The van der Waals surface area contributed by atoms with Crippen molar-refractivity contribution in [2.75, 3.05) is 39.2 Å². The number of carbonyl (C=O) groups is 2. The van der Waals surface area contributed by atoms with Crippen molar-refractivity contribution in [1.29, 1.82) is 0 Å². The number of hydrogen-bond donors (Lipinski definition) is 2. The van der Waals surface area contributed by atoms with Gasteiger partial charge in [0.25, 0.3) is 5.91 Å². The Morgan fingerprint density at radius 1 is 1.25 bits per heavy atom. The van der Waals surface area contributed by atoms with Crippen LogP contribution in [0.15, 0.2) is 61.1 Å². The number of aliphatic hydroxyl groups excluding tert-OH is 1. The number of aromatic nitrogens is 2. The van der Waals surface area contributed by atoms with Gasteiger partial charge in [0.05, 0.1) is 26.3 Å². The summed E-state index contributed by atoms with van der Waals surface area (Å²) in [7, 11) is 3.24. The molecule has 10 nitrogen and oxygen atoms in total. The summed E-state index contributed by atoms with van der Waals surface area (Å²) >= 11 is 0. The Hall–Kier alpha value is -4.62. The van der Waals surface area contributed by atoms with Gasteiger partial charge in [0, 0.05) is 61.0 Å². The molecule has 1 aliphatic rings. The molecule has 0 aliphatic carbocycles. The molecule has 208 valence electrons. The van der Waals surface area contributed by atoms with E-state index in [1.165, 1.54) is 4.90 Å². The van der Waals surface area contributed by atoms with Crippen molar-refractivity contribution in [3.05, 3.63) is 77.7 Å². The lowest BCUT2D eigenvalue weighted by Gasteiger charge is -2.37. The van der Waals surface area contributed by atoms with E-state index >= 15 is 0 Å². The Kier molecular flexibility index (Phi) is 9.19. The number of likely N-dealkylation sites (N-methyl/N-ethyl adjacent to an activating group) is 1. The number of urea groups is 1. The Morgan fingerprint density at radius 2 is 2.00 bits per heavy atom. The smallest absolute Gasteiger partial charge is 0.321 e. The molecule has 40 heavy (non-hydrogen) atoms. The molecule has 4 rings (SSSR count). The van der Waals surface area contributed by atoms with Crippen LogP contribution in [0.25, 0.3) is 0 Å². The molecule has 3 amide bonds. The molecule has 0 unspecified atom stereocenters. The van der Waals surface area contributed by atoms with E-state index in [0.29, 0.717) is 23.5 Å². The van der Waals surface area contributed by atoms with Gasteiger partial charge in [-0.3, -0.25) is 9.78 Å². The average Bonchev–Trinajstić information content (AvgIpc) is 2.98. The summed E-state index contributed by atoms with van der Waals surface area (Å²) in [5.74, 6) is 6.40. The lowest BCUT2D eigenvalue weighted by atomic mass is 10.00. The fourth-order valence-electron chi connectivity index (χ4n) is 4.24. The van der Waals surface area contributed by atoms with Crippen LogP contribution >= 0.6 is 0 Å². The zero-order valence-electron chi connectivity index (χ0n) is 23.0. The highest BCUT2D eigenvalue weighted by molar-refractivity contribution is 5.97. The molecule has 0 radical (unpaired) electrons. The van der Waals surface area contributed by atoms with Crippen molar-refractivity contribution in [1.82, 2.24) is 19.8 Å². The highest BCUT2D eigenvalue weighted by atomic mass is 16.5. The predicted octanol–water partition coefficient (Wildman–Crippen LogP) is 3.27. The fraction of sp³-hybridized carbons (Fsp3) is 0.333. The van der Waals surface area contributed by atoms with E-state index in [-0.39, 0.29) is 42.5 Å². The minimum Gasteiger partial charge on any atom is -0.497 e. The molecule has 0 fully saturated rings. The maximum Gasteiger partial charge on any atom is 0.321 e. The molecular formula is C30H33N5O5. The molecule has 2 aromatic heterocycles. The zero-order valence-corrected chi connectivity index (χ0v) is 23.0. The first-order valence-electron chi connectivity index (χ1n) is 13.0. The standard InChI is InChI=1S/C30H33N5O5/c1-20-17-35(21(2)19-36)29(37)26-14-23(9-8-22-10-12-31-13-11-22)16-32-28(26)40-27(20)18-34(3)30(38)33-24-6-5-7-25(15-24)39-4/h5-7,10-16,20-21,27,36H,17-19H2,1-4H3,(H,33,38)/t20-,21-,27-/m0/s1. The third kappa shape index (κ3) is 6.87. The number of pyridine rings is 2. The van der Waals surface area contributed by atoms with Gasteiger partial charge >= 0.3 is 6.03 Å². The molecule has 0 saturated heterocycles. The number of methoxy groups -OCH3 is 1. The van der Waals surface area contributed by atoms with Crippen molar-refractivity contribution in [2.24, 2.45) is 5.92 Å². The average molecular weight is 544 g/mol. The Balaban J connectivity index is 1.59. The van der Waals surface area contributed by atoms with Crippen molar-refractivity contribution in [3.63, 3.8) is 0 Å². The van der Waals surface area contributed by atoms with E-state index < -0.39 is 12.1 Å². The number of amides is 3. The molecule has 0 bridgehead atoms. The summed E-state index contributed by atoms with van der Waals surface area (Å²) in [5, 5.41) is 12.8. The molecular weight excluding hydrogens is 510 g/mol. The number of fused-ring (bicyclic) bond motifs is 1. The van der Waals surface area contributed by atoms with E-state index in [1.54, 1.807) is 87.0 Å². The van der Waals surface area contributed by atoms with E-state index in [2.05, 4.69) is 27.1 Å². The summed E-state index contributed by atoms with van der Waals surface area (Å²) in [6.45, 7) is 4.09. The Labute approximate surface area is 234 Å². The number of nitrogens with zero attached hydrogens (tertiary/aromatic N) is 4. The van der Waals surface area contributed by atoms with Crippen molar-refractivity contribution in [2.45, 2.75) is 26.0 Å². The van der Waals surface area contributed by atoms with Gasteiger partial charge < -0.3 is 29.7 Å². The number of benzene rings is 1. The number of nitrogens with one attached hydrogen (secondary N) is 1. The van der Waals surface area contributed by atoms with Gasteiger partial charge in [0.2, 0.25) is 5.88 Å². The quantitative estimate of drug-likeness (QED) is 0.459. The first-order valence-corrected chi connectivity index (χ1v) is 13.0. The first kappa shape index (κ1) is 28.4. The number of hydrogen-bond acceptors (Lipinski definition) is 7. The molecule has 0 saturated carbocycles. The van der Waals surface area contributed by atoms with Crippen molar-refractivity contribution in [3.8, 4) is 23.5 Å². The molecule has 3 aromatic rings. The van der Waals surface area contributed by atoms with Gasteiger partial charge in [-0.05, 0) is 37.3 Å². The van der Waals surface area contributed by atoms with Crippen LogP contribution in [-0.2, 0) is 0 Å². The molecule has 1 aliphatic heterocycles. The van der Waals surface area contributed by atoms with Crippen LogP contribution in [0.2, 0.25) is 0 Å². The summed E-state index contributed by atoms with van der Waals surface area (Å²) in [6.07, 6.45) is 4.39. The van der Waals surface area contributed by atoms with Gasteiger partial charge in [-0.25, -0.2) is 9.78 Å². The van der Waals surface area contributed by atoms with Crippen LogP contribution in [0.5, 0.6) is 11.6 Å². The second-order valence-electron chi connectivity index (χ2n) is 9.73. The molecule has 0 spiro atoms. The Morgan fingerprint density at radius 3 is 2.73 bits per heavy atom. The van der Waals surface area contributed by atoms with Crippen molar-refractivity contribution >= 4 is 17.6 Å². The molecule has 2 N–H and O–H groups in total. The normalized spacial score (nSPS) is 17.2. The summed E-state index contributed by atoms with van der Waals surface area (Å²) in [6, 6.07) is 11.6. The number of anilines is 1. The monoisotopic (exact) mass is 543 g/mol. The van der Waals surface area contributed by atoms with Crippen molar-refractivity contribution < 1.29 is 24.2 Å². The second kappa shape index (κ2) is 13.0. The Bertz CT molecular complexity index is 1400. The molecule has 3 heterocycles. The molecule has 10 heteroatoms. The summed E-state index contributed by atoms with van der Waals surface area (Å²) in [4.78, 5) is 38.2. The van der Waals surface area contributed by atoms with E-state index in [4.69, 9.17) is 9.47 Å². The van der Waals surface area contributed by atoms with Gasteiger partial charge in [0.1, 0.15) is 17.4 Å². The van der Waals surface area contributed by atoms with Crippen LogP contribution in [0.3, 0.4) is 0 Å². The fourth-order valence-corrected chi connectivity index (χ4v) is 4.24. The summed E-state index contributed by atoms with van der Waals surface area (Å²) in [5.41, 5.74) is 2.18. The van der Waals surface area contributed by atoms with Crippen LogP contribution in [0.4, 0.5) is 10.5 Å². The minimum absolute atomic E-state index is 0.160. The SMILES string of the molecule is COc1cccc(NC(=O)N(C)C[C@@H]2Oc3ncc(C#Cc4ccncc4)cc3C(=O)N([C@@H](C)CO)C[C@@H]2C)c1. The van der Waals surface area contributed by atoms with Gasteiger partial charge in [-0.1, -0.05) is 24.8 Å². The van der Waals surface area contributed by atoms with Crippen LogP contribution < -0.4 is 14.8 Å². The van der Waals surface area contributed by atoms with Crippen LogP contribution in [0.1, 0.15) is 35.3 Å². The molecule has 1 aromatic carbocycles. The number of ether oxygens (including phenoxy) is 2. The van der Waals surface area contributed by atoms with Gasteiger partial charge in [-0.2, -0.15) is 0 Å². The van der Waals surface area contributed by atoms with Gasteiger partial charge in [-0.15, -0.1) is 0 Å². The maximum atomic E-state index is 13.6. The predicted molar refractivity (Wildman–Crippen MR) is 150 cm³/mol. The third-order valence-corrected chi connectivity index (χ3v) is 6.67. The first-order chi connectivity index (χ1) is 19.3. The molecule has 3 atom stereocenters. The largest absolute Gasteiger partial charge is 0.497 e. The number of carbonyl (C=O) groups excluding carboxylic acids is 2. The van der Waals surface area contributed by atoms with Crippen LogP contribution in [-0.4, -0.2) is 82.8 Å².